The van der Waals surface area contributed by atoms with Crippen molar-refractivity contribution < 1.29 is 24.2 Å². The molecule has 34 heavy (non-hydrogen) atoms. The van der Waals surface area contributed by atoms with Crippen LogP contribution < -0.4 is 10.6 Å². The number of hydrogen-bond acceptors (Lipinski definition) is 4. The van der Waals surface area contributed by atoms with Gasteiger partial charge in [-0.15, -0.1) is 0 Å². The number of aliphatic carboxylic acids is 1. The molecule has 7 heteroatoms. The first-order chi connectivity index (χ1) is 16.3. The zero-order valence-electron chi connectivity index (χ0n) is 19.7. The standard InChI is InChI=1S/C27H32N2O5/c1-3-18(14-24(30)29-27(2,15-25(31)32)17-12-13-17)28-26(33)34-16-23-21-10-6-4-8-19(21)20-9-5-7-11-22(20)23/h4-11,17-18,23H,3,12-16H2,1-2H3,(H,28,33)(H,29,30)(H,31,32)/t18-,27?/m0/s1. The largest absolute Gasteiger partial charge is 0.481 e. The Kier molecular flexibility index (Phi) is 6.91. The molecule has 2 aromatic rings. The molecule has 0 heterocycles. The van der Waals surface area contributed by atoms with Crippen LogP contribution >= 0.6 is 0 Å². The van der Waals surface area contributed by atoms with Gasteiger partial charge in [-0.2, -0.15) is 0 Å². The Balaban J connectivity index is 1.32. The van der Waals surface area contributed by atoms with Gasteiger partial charge in [0.25, 0.3) is 0 Å². The van der Waals surface area contributed by atoms with Gasteiger partial charge in [-0.1, -0.05) is 55.5 Å². The first kappa shape index (κ1) is 23.8. The van der Waals surface area contributed by atoms with E-state index in [1.54, 1.807) is 6.92 Å². The van der Waals surface area contributed by atoms with Gasteiger partial charge in [0.2, 0.25) is 5.91 Å². The molecule has 0 bridgehead atoms. The molecule has 1 saturated carbocycles. The fourth-order valence-corrected chi connectivity index (χ4v) is 5.02. The molecular formula is C27H32N2O5. The lowest BCUT2D eigenvalue weighted by molar-refractivity contribution is -0.139. The van der Waals surface area contributed by atoms with Crippen LogP contribution in [0.15, 0.2) is 48.5 Å². The molecule has 2 amide bonds. The van der Waals surface area contributed by atoms with E-state index in [1.165, 1.54) is 0 Å². The fraction of sp³-hybridized carbons (Fsp3) is 0.444. The van der Waals surface area contributed by atoms with Gasteiger partial charge < -0.3 is 20.5 Å². The molecule has 3 N–H and O–H groups in total. The summed E-state index contributed by atoms with van der Waals surface area (Å²) in [5, 5.41) is 14.9. The molecule has 2 aliphatic carbocycles. The number of benzene rings is 2. The summed E-state index contributed by atoms with van der Waals surface area (Å²) in [6, 6.07) is 15.9. The van der Waals surface area contributed by atoms with Crippen LogP contribution in [0.1, 0.15) is 63.0 Å². The van der Waals surface area contributed by atoms with Gasteiger partial charge in [-0.25, -0.2) is 4.79 Å². The predicted octanol–water partition coefficient (Wildman–Crippen LogP) is 4.45. The average Bonchev–Trinajstić information content (AvgIpc) is 3.61. The third-order valence-electron chi connectivity index (χ3n) is 7.01. The summed E-state index contributed by atoms with van der Waals surface area (Å²) in [4.78, 5) is 36.5. The molecule has 0 radical (unpaired) electrons. The van der Waals surface area contributed by atoms with Crippen molar-refractivity contribution in [2.75, 3.05) is 6.61 Å². The topological polar surface area (TPSA) is 105 Å². The first-order valence-corrected chi connectivity index (χ1v) is 11.9. The number of hydrogen-bond donors (Lipinski definition) is 3. The second kappa shape index (κ2) is 9.87. The van der Waals surface area contributed by atoms with E-state index in [2.05, 4.69) is 34.9 Å². The van der Waals surface area contributed by atoms with Gasteiger partial charge in [0.1, 0.15) is 6.61 Å². The van der Waals surface area contributed by atoms with Crippen molar-refractivity contribution in [3.63, 3.8) is 0 Å². The molecular weight excluding hydrogens is 432 g/mol. The zero-order chi connectivity index (χ0) is 24.3. The van der Waals surface area contributed by atoms with Gasteiger partial charge in [0.05, 0.1) is 12.0 Å². The Labute approximate surface area is 199 Å². The Bertz CT molecular complexity index is 1030. The minimum absolute atomic E-state index is 0.0307. The molecule has 2 aromatic carbocycles. The van der Waals surface area contributed by atoms with E-state index in [4.69, 9.17) is 4.74 Å². The van der Waals surface area contributed by atoms with Crippen LogP contribution in [0.4, 0.5) is 4.79 Å². The lowest BCUT2D eigenvalue weighted by atomic mass is 9.91. The summed E-state index contributed by atoms with van der Waals surface area (Å²) in [7, 11) is 0. The summed E-state index contributed by atoms with van der Waals surface area (Å²) < 4.78 is 5.60. The molecule has 1 fully saturated rings. The summed E-state index contributed by atoms with van der Waals surface area (Å²) in [6.07, 6.45) is 1.79. The summed E-state index contributed by atoms with van der Waals surface area (Å²) in [5.41, 5.74) is 3.84. The maximum absolute atomic E-state index is 12.7. The minimum atomic E-state index is -0.932. The fourth-order valence-electron chi connectivity index (χ4n) is 5.02. The van der Waals surface area contributed by atoms with Crippen molar-refractivity contribution in [1.29, 1.82) is 0 Å². The molecule has 0 aliphatic heterocycles. The molecule has 2 aliphatic rings. The van der Waals surface area contributed by atoms with Crippen LogP contribution in [0.2, 0.25) is 0 Å². The molecule has 0 aromatic heterocycles. The number of carboxylic acids is 1. The number of alkyl carbamates (subject to hydrolysis) is 1. The lowest BCUT2D eigenvalue weighted by Gasteiger charge is -2.30. The minimum Gasteiger partial charge on any atom is -0.481 e. The molecule has 180 valence electrons. The number of carboxylic acid groups (broad SMARTS) is 1. The smallest absolute Gasteiger partial charge is 0.407 e. The van der Waals surface area contributed by atoms with E-state index in [9.17, 15) is 19.5 Å². The Morgan fingerprint density at radius 3 is 2.18 bits per heavy atom. The monoisotopic (exact) mass is 464 g/mol. The van der Waals surface area contributed by atoms with Gasteiger partial charge in [0.15, 0.2) is 0 Å². The Morgan fingerprint density at radius 2 is 1.65 bits per heavy atom. The molecule has 0 saturated heterocycles. The maximum Gasteiger partial charge on any atom is 0.407 e. The van der Waals surface area contributed by atoms with Gasteiger partial charge in [-0.05, 0) is 54.4 Å². The highest BCUT2D eigenvalue weighted by Gasteiger charge is 2.44. The number of rotatable bonds is 10. The second-order valence-electron chi connectivity index (χ2n) is 9.59. The number of fused-ring (bicyclic) bond motifs is 3. The normalized spacial score (nSPS) is 17.1. The van der Waals surface area contributed by atoms with Crippen LogP contribution in [-0.2, 0) is 14.3 Å². The third kappa shape index (κ3) is 5.24. The third-order valence-corrected chi connectivity index (χ3v) is 7.01. The van der Waals surface area contributed by atoms with Gasteiger partial charge >= 0.3 is 12.1 Å². The molecule has 7 nitrogen and oxygen atoms in total. The highest BCUT2D eigenvalue weighted by atomic mass is 16.5. The highest BCUT2D eigenvalue weighted by Crippen LogP contribution is 2.44. The van der Waals surface area contributed by atoms with E-state index in [1.807, 2.05) is 31.2 Å². The first-order valence-electron chi connectivity index (χ1n) is 11.9. The quantitative estimate of drug-likeness (QED) is 0.482. The van der Waals surface area contributed by atoms with Crippen LogP contribution in [0, 0.1) is 5.92 Å². The van der Waals surface area contributed by atoms with Crippen LogP contribution in [0.3, 0.4) is 0 Å². The SMILES string of the molecule is CC[C@@H](CC(=O)NC(C)(CC(=O)O)C1CC1)NC(=O)OCC1c2ccccc2-c2ccccc21. The van der Waals surface area contributed by atoms with Crippen LogP contribution in [0.25, 0.3) is 11.1 Å². The Morgan fingerprint density at radius 1 is 1.06 bits per heavy atom. The number of ether oxygens (including phenoxy) is 1. The zero-order valence-corrected chi connectivity index (χ0v) is 19.7. The van der Waals surface area contributed by atoms with Gasteiger partial charge in [-0.3, -0.25) is 9.59 Å². The second-order valence-corrected chi connectivity index (χ2v) is 9.59. The van der Waals surface area contributed by atoms with Crippen molar-refractivity contribution in [3.8, 4) is 11.1 Å². The van der Waals surface area contributed by atoms with E-state index < -0.39 is 23.6 Å². The van der Waals surface area contributed by atoms with Crippen molar-refractivity contribution in [2.24, 2.45) is 5.92 Å². The van der Waals surface area contributed by atoms with Crippen LogP contribution in [0.5, 0.6) is 0 Å². The van der Waals surface area contributed by atoms with Gasteiger partial charge in [0, 0.05) is 18.4 Å². The average molecular weight is 465 g/mol. The summed E-state index contributed by atoms with van der Waals surface area (Å²) in [5.74, 6) is -1.04. The van der Waals surface area contributed by atoms with E-state index in [-0.39, 0.29) is 37.2 Å². The van der Waals surface area contributed by atoms with E-state index in [0.29, 0.717) is 6.42 Å². The summed E-state index contributed by atoms with van der Waals surface area (Å²) >= 11 is 0. The molecule has 2 atom stereocenters. The van der Waals surface area contributed by atoms with E-state index >= 15 is 0 Å². The van der Waals surface area contributed by atoms with Crippen molar-refractivity contribution in [3.05, 3.63) is 59.7 Å². The van der Waals surface area contributed by atoms with Crippen molar-refractivity contribution in [2.45, 2.75) is 63.5 Å². The number of carbonyl (C=O) groups excluding carboxylic acids is 2. The van der Waals surface area contributed by atoms with Crippen molar-refractivity contribution >= 4 is 18.0 Å². The molecule has 0 spiro atoms. The Hall–Kier alpha value is -3.35. The number of carbonyl (C=O) groups is 3. The van der Waals surface area contributed by atoms with Crippen LogP contribution in [-0.4, -0.2) is 41.3 Å². The predicted molar refractivity (Wildman–Crippen MR) is 128 cm³/mol. The lowest BCUT2D eigenvalue weighted by Crippen LogP contribution is -2.51. The van der Waals surface area contributed by atoms with E-state index in [0.717, 1.165) is 35.1 Å². The summed E-state index contributed by atoms with van der Waals surface area (Å²) in [6.45, 7) is 3.89. The number of amides is 2. The number of nitrogens with one attached hydrogen (secondary N) is 2. The molecule has 1 unspecified atom stereocenters. The molecule has 4 rings (SSSR count). The maximum atomic E-state index is 12.7. The highest BCUT2D eigenvalue weighted by molar-refractivity contribution is 5.80. The van der Waals surface area contributed by atoms with Crippen molar-refractivity contribution in [1.82, 2.24) is 10.6 Å².